The van der Waals surface area contributed by atoms with Crippen molar-refractivity contribution < 1.29 is 27.1 Å². The van der Waals surface area contributed by atoms with Gasteiger partial charge >= 0.3 is 0 Å². The van der Waals surface area contributed by atoms with Gasteiger partial charge in [-0.3, -0.25) is 9.52 Å². The number of H-pyrrole nitrogens is 1. The molecule has 0 unspecified atom stereocenters. The van der Waals surface area contributed by atoms with Crippen molar-refractivity contribution in [3.8, 4) is 22.6 Å². The van der Waals surface area contributed by atoms with Crippen molar-refractivity contribution in [3.63, 3.8) is 0 Å². The lowest BCUT2D eigenvalue weighted by Crippen LogP contribution is -2.18. The molecule has 0 radical (unpaired) electrons. The minimum Gasteiger partial charge on any atom is -0.486 e. The number of halogens is 2. The molecule has 2 N–H and O–H groups in total. The minimum absolute atomic E-state index is 0.163. The van der Waals surface area contributed by atoms with E-state index in [4.69, 9.17) is 21.1 Å². The van der Waals surface area contributed by atoms with E-state index in [9.17, 15) is 13.2 Å². The molecule has 8 nitrogen and oxygen atoms in total. The number of nitrogens with one attached hydrogen (secondary N) is 2. The van der Waals surface area contributed by atoms with Gasteiger partial charge in [0.15, 0.2) is 23.1 Å². The number of pyridine rings is 1. The molecular formula is C25H21ClFN3O5S. The van der Waals surface area contributed by atoms with Crippen LogP contribution < -0.4 is 14.2 Å². The van der Waals surface area contributed by atoms with E-state index in [2.05, 4.69) is 14.7 Å². The number of aromatic amines is 1. The second kappa shape index (κ2) is 9.44. The van der Waals surface area contributed by atoms with Gasteiger partial charge in [-0.05, 0) is 30.7 Å². The predicted octanol–water partition coefficient (Wildman–Crippen LogP) is 5.18. The van der Waals surface area contributed by atoms with E-state index in [1.54, 1.807) is 31.3 Å². The molecule has 11 heteroatoms. The Hall–Kier alpha value is -3.63. The minimum atomic E-state index is -3.73. The lowest BCUT2D eigenvalue weighted by atomic mass is 10.00. The molecule has 0 atom stereocenters. The molecule has 0 saturated heterocycles. The van der Waals surface area contributed by atoms with Crippen LogP contribution in [0, 0.1) is 5.82 Å². The van der Waals surface area contributed by atoms with Crippen molar-refractivity contribution >= 4 is 44.1 Å². The highest BCUT2D eigenvalue weighted by atomic mass is 35.5. The molecule has 5 rings (SSSR count). The number of rotatable bonds is 7. The maximum absolute atomic E-state index is 15.2. The number of nitrogens with zero attached hydrogens (tertiary/aromatic N) is 1. The van der Waals surface area contributed by atoms with Crippen molar-refractivity contribution in [1.82, 2.24) is 9.97 Å². The van der Waals surface area contributed by atoms with E-state index in [1.807, 2.05) is 0 Å². The van der Waals surface area contributed by atoms with Crippen molar-refractivity contribution in [3.05, 3.63) is 70.8 Å². The number of sulfonamides is 1. The molecule has 36 heavy (non-hydrogen) atoms. The Labute approximate surface area is 211 Å². The zero-order valence-corrected chi connectivity index (χ0v) is 20.7. The number of carbonyl (C=O) groups excluding carboxylic acids is 1. The third-order valence-corrected chi connectivity index (χ3v) is 7.49. The SMILES string of the molecule is CCCS(=O)(=O)Nc1cccc(C(=O)c2c[nH]c3ncc(-c4cc5c(cc4Cl)OCCO5)cc23)c1F. The Balaban J connectivity index is 1.54. The van der Waals surface area contributed by atoms with Crippen LogP contribution in [-0.4, -0.2) is 43.1 Å². The summed E-state index contributed by atoms with van der Waals surface area (Å²) in [6, 6.07) is 9.16. The second-order valence-corrected chi connectivity index (χ2v) is 10.5. The molecule has 0 aliphatic carbocycles. The summed E-state index contributed by atoms with van der Waals surface area (Å²) in [4.78, 5) is 20.7. The molecule has 2 aromatic carbocycles. The maximum Gasteiger partial charge on any atom is 0.232 e. The molecule has 1 aliphatic rings. The number of ketones is 1. The van der Waals surface area contributed by atoms with Gasteiger partial charge in [0, 0.05) is 40.5 Å². The fraction of sp³-hybridized carbons (Fsp3) is 0.200. The Morgan fingerprint density at radius 3 is 2.67 bits per heavy atom. The average Bonchev–Trinajstić information content (AvgIpc) is 3.27. The third-order valence-electron chi connectivity index (χ3n) is 5.70. The van der Waals surface area contributed by atoms with Gasteiger partial charge in [-0.15, -0.1) is 0 Å². The fourth-order valence-electron chi connectivity index (χ4n) is 4.04. The van der Waals surface area contributed by atoms with Gasteiger partial charge in [0.25, 0.3) is 0 Å². The molecule has 0 spiro atoms. The monoisotopic (exact) mass is 529 g/mol. The first kappa shape index (κ1) is 24.1. The smallest absolute Gasteiger partial charge is 0.232 e. The van der Waals surface area contributed by atoms with Crippen LogP contribution in [0.2, 0.25) is 5.02 Å². The van der Waals surface area contributed by atoms with Crippen LogP contribution in [0.3, 0.4) is 0 Å². The van der Waals surface area contributed by atoms with Crippen molar-refractivity contribution in [1.29, 1.82) is 0 Å². The Kier molecular flexibility index (Phi) is 6.31. The van der Waals surface area contributed by atoms with E-state index in [0.717, 1.165) is 0 Å². The van der Waals surface area contributed by atoms with E-state index in [-0.39, 0.29) is 22.6 Å². The first-order valence-corrected chi connectivity index (χ1v) is 13.2. The van der Waals surface area contributed by atoms with Crippen molar-refractivity contribution in [2.24, 2.45) is 0 Å². The van der Waals surface area contributed by atoms with Crippen molar-refractivity contribution in [2.45, 2.75) is 13.3 Å². The molecule has 2 aromatic heterocycles. The number of hydrogen-bond acceptors (Lipinski definition) is 6. The predicted molar refractivity (Wildman–Crippen MR) is 135 cm³/mol. The van der Waals surface area contributed by atoms with Crippen LogP contribution in [0.25, 0.3) is 22.2 Å². The first-order valence-electron chi connectivity index (χ1n) is 11.2. The van der Waals surface area contributed by atoms with Crippen LogP contribution in [0.4, 0.5) is 10.1 Å². The van der Waals surface area contributed by atoms with Crippen LogP contribution in [0.5, 0.6) is 11.5 Å². The van der Waals surface area contributed by atoms with Gasteiger partial charge in [0.1, 0.15) is 18.9 Å². The summed E-state index contributed by atoms with van der Waals surface area (Å²) in [6.07, 6.45) is 3.42. The normalized spacial score (nSPS) is 13.1. The summed E-state index contributed by atoms with van der Waals surface area (Å²) in [5.74, 6) is -0.635. The highest BCUT2D eigenvalue weighted by molar-refractivity contribution is 7.92. The van der Waals surface area contributed by atoms with Crippen molar-refractivity contribution in [2.75, 3.05) is 23.7 Å². The molecule has 186 valence electrons. The van der Waals surface area contributed by atoms with Crippen LogP contribution in [0.15, 0.2) is 48.8 Å². The standard InChI is InChI=1S/C25H21ClFN3O5S/c1-2-8-36(32,33)30-20-5-3-4-15(23(20)27)24(31)18-13-29-25-17(18)9-14(12-28-25)16-10-21-22(11-19(16)26)35-7-6-34-21/h3-5,9-13,30H,2,6-8H2,1H3,(H,28,29). The highest BCUT2D eigenvalue weighted by Gasteiger charge is 2.23. The van der Waals surface area contributed by atoms with Gasteiger partial charge in [-0.2, -0.15) is 0 Å². The summed E-state index contributed by atoms with van der Waals surface area (Å²) in [7, 11) is -3.73. The Bertz CT molecular complexity index is 1600. The zero-order chi connectivity index (χ0) is 25.4. The Morgan fingerprint density at radius 1 is 1.17 bits per heavy atom. The van der Waals surface area contributed by atoms with Crippen LogP contribution in [0.1, 0.15) is 29.3 Å². The number of fused-ring (bicyclic) bond motifs is 2. The van der Waals surface area contributed by atoms with E-state index < -0.39 is 21.6 Å². The summed E-state index contributed by atoms with van der Waals surface area (Å²) in [6.45, 7) is 2.55. The number of ether oxygens (including phenoxy) is 2. The van der Waals surface area contributed by atoms with Crippen LogP contribution >= 0.6 is 11.6 Å². The molecule has 0 amide bonds. The van der Waals surface area contributed by atoms with Crippen LogP contribution in [-0.2, 0) is 10.0 Å². The topological polar surface area (TPSA) is 110 Å². The van der Waals surface area contributed by atoms with Gasteiger partial charge in [0.05, 0.1) is 22.0 Å². The second-order valence-electron chi connectivity index (χ2n) is 8.22. The van der Waals surface area contributed by atoms with E-state index in [0.29, 0.717) is 58.3 Å². The fourth-order valence-corrected chi connectivity index (χ4v) is 5.44. The summed E-state index contributed by atoms with van der Waals surface area (Å²) < 4.78 is 52.9. The highest BCUT2D eigenvalue weighted by Crippen LogP contribution is 2.40. The Morgan fingerprint density at radius 2 is 1.92 bits per heavy atom. The molecule has 3 heterocycles. The maximum atomic E-state index is 15.2. The van der Waals surface area contributed by atoms with Gasteiger partial charge in [-0.25, -0.2) is 17.8 Å². The summed E-state index contributed by atoms with van der Waals surface area (Å²) in [5.41, 5.74) is 1.32. The number of aromatic nitrogens is 2. The molecule has 4 aromatic rings. The molecule has 1 aliphatic heterocycles. The zero-order valence-electron chi connectivity index (χ0n) is 19.1. The first-order chi connectivity index (χ1) is 17.3. The molecule has 0 bridgehead atoms. The van der Waals surface area contributed by atoms with Gasteiger partial charge in [-0.1, -0.05) is 24.6 Å². The lowest BCUT2D eigenvalue weighted by molar-refractivity contribution is 0.103. The number of anilines is 1. The molecular weight excluding hydrogens is 509 g/mol. The average molecular weight is 530 g/mol. The quantitative estimate of drug-likeness (QED) is 0.319. The van der Waals surface area contributed by atoms with E-state index >= 15 is 4.39 Å². The number of carbonyl (C=O) groups is 1. The molecule has 0 saturated carbocycles. The summed E-state index contributed by atoms with van der Waals surface area (Å²) >= 11 is 6.49. The number of benzene rings is 2. The summed E-state index contributed by atoms with van der Waals surface area (Å²) in [5, 5.41) is 0.877. The van der Waals surface area contributed by atoms with Gasteiger partial charge < -0.3 is 14.5 Å². The lowest BCUT2D eigenvalue weighted by Gasteiger charge is -2.19. The molecule has 0 fully saturated rings. The van der Waals surface area contributed by atoms with Gasteiger partial charge in [0.2, 0.25) is 10.0 Å². The van der Waals surface area contributed by atoms with E-state index in [1.165, 1.54) is 24.4 Å². The number of hydrogen-bond donors (Lipinski definition) is 2. The third kappa shape index (κ3) is 4.49. The largest absolute Gasteiger partial charge is 0.486 e.